The van der Waals surface area contributed by atoms with Crippen molar-refractivity contribution >= 4 is 21.7 Å². The molecule has 0 spiro atoms. The summed E-state index contributed by atoms with van der Waals surface area (Å²) in [7, 11) is -2.33. The number of carboxylic acid groups (broad SMARTS) is 1. The number of ether oxygens (including phenoxy) is 1. The van der Waals surface area contributed by atoms with Crippen molar-refractivity contribution in [1.82, 2.24) is 0 Å². The van der Waals surface area contributed by atoms with Crippen LogP contribution in [-0.2, 0) is 14.8 Å². The summed E-state index contributed by atoms with van der Waals surface area (Å²) in [4.78, 5) is 11.4. The van der Waals surface area contributed by atoms with E-state index in [1.807, 2.05) is 0 Å². The van der Waals surface area contributed by atoms with E-state index in [0.717, 1.165) is 0 Å². The van der Waals surface area contributed by atoms with Crippen LogP contribution in [0.1, 0.15) is 18.0 Å². The lowest BCUT2D eigenvalue weighted by Gasteiger charge is -2.24. The van der Waals surface area contributed by atoms with Gasteiger partial charge in [-0.1, -0.05) is 18.2 Å². The number of anilines is 1. The molecular weight excluding hydrogens is 318 g/mol. The van der Waals surface area contributed by atoms with Crippen molar-refractivity contribution in [2.45, 2.75) is 17.4 Å². The molecule has 120 valence electrons. The van der Waals surface area contributed by atoms with Gasteiger partial charge in [-0.15, -0.1) is 0 Å². The number of carboxylic acids is 1. The standard InChI is InChI=1S/C16H15NO5S/c1-22-12-7-8-15-13(9-12)14(10-16(18)19)17(23(15,20)21)11-5-3-2-4-6-11/h2-9,14H,10H2,1H3,(H,18,19). The van der Waals surface area contributed by atoms with E-state index in [0.29, 0.717) is 17.0 Å². The van der Waals surface area contributed by atoms with Crippen LogP contribution in [0.4, 0.5) is 5.69 Å². The van der Waals surface area contributed by atoms with Crippen LogP contribution in [0.15, 0.2) is 53.4 Å². The number of aliphatic carboxylic acids is 1. The fourth-order valence-electron chi connectivity index (χ4n) is 2.80. The van der Waals surface area contributed by atoms with E-state index in [1.54, 1.807) is 42.5 Å². The number of benzene rings is 2. The molecule has 1 aliphatic rings. The van der Waals surface area contributed by atoms with Crippen LogP contribution in [0.25, 0.3) is 0 Å². The predicted octanol–water partition coefficient (Wildman–Crippen LogP) is 2.42. The maximum atomic E-state index is 12.9. The zero-order valence-electron chi connectivity index (χ0n) is 12.3. The Bertz CT molecular complexity index is 848. The summed E-state index contributed by atoms with van der Waals surface area (Å²) >= 11 is 0. The number of sulfonamides is 1. The summed E-state index contributed by atoms with van der Waals surface area (Å²) < 4.78 is 32.0. The van der Waals surface area contributed by atoms with Gasteiger partial charge in [0.2, 0.25) is 0 Å². The molecule has 1 unspecified atom stereocenters. The van der Waals surface area contributed by atoms with Gasteiger partial charge in [-0.25, -0.2) is 8.42 Å². The molecule has 1 heterocycles. The summed E-state index contributed by atoms with van der Waals surface area (Å²) in [5.74, 6) is -0.578. The minimum Gasteiger partial charge on any atom is -0.497 e. The van der Waals surface area contributed by atoms with E-state index in [1.165, 1.54) is 17.5 Å². The van der Waals surface area contributed by atoms with E-state index >= 15 is 0 Å². The second-order valence-electron chi connectivity index (χ2n) is 5.15. The highest BCUT2D eigenvalue weighted by Gasteiger charge is 2.43. The van der Waals surface area contributed by atoms with Gasteiger partial charge in [-0.2, -0.15) is 0 Å². The van der Waals surface area contributed by atoms with Crippen molar-refractivity contribution in [2.75, 3.05) is 11.4 Å². The Morgan fingerprint density at radius 3 is 2.52 bits per heavy atom. The Kier molecular flexibility index (Phi) is 3.73. The lowest BCUT2D eigenvalue weighted by molar-refractivity contribution is -0.137. The third-order valence-corrected chi connectivity index (χ3v) is 5.69. The summed E-state index contributed by atoms with van der Waals surface area (Å²) in [6, 6.07) is 12.3. The highest BCUT2D eigenvalue weighted by molar-refractivity contribution is 7.93. The zero-order chi connectivity index (χ0) is 16.6. The third-order valence-electron chi connectivity index (χ3n) is 3.77. The van der Waals surface area contributed by atoms with Crippen LogP contribution in [0.2, 0.25) is 0 Å². The molecule has 6 nitrogen and oxygen atoms in total. The lowest BCUT2D eigenvalue weighted by Crippen LogP contribution is -2.29. The van der Waals surface area contributed by atoms with E-state index < -0.39 is 22.0 Å². The second-order valence-corrected chi connectivity index (χ2v) is 6.94. The van der Waals surface area contributed by atoms with Gasteiger partial charge in [-0.05, 0) is 30.3 Å². The van der Waals surface area contributed by atoms with Crippen molar-refractivity contribution in [1.29, 1.82) is 0 Å². The van der Waals surface area contributed by atoms with Gasteiger partial charge in [0.1, 0.15) is 5.75 Å². The Morgan fingerprint density at radius 2 is 1.91 bits per heavy atom. The largest absolute Gasteiger partial charge is 0.497 e. The molecule has 2 aromatic rings. The van der Waals surface area contributed by atoms with Gasteiger partial charge in [0.05, 0.1) is 30.2 Å². The first-order valence-corrected chi connectivity index (χ1v) is 8.38. The van der Waals surface area contributed by atoms with E-state index in [4.69, 9.17) is 4.74 Å². The smallest absolute Gasteiger partial charge is 0.305 e. The summed E-state index contributed by atoms with van der Waals surface area (Å²) in [6.07, 6.45) is -0.325. The Labute approximate surface area is 134 Å². The number of fused-ring (bicyclic) bond motifs is 1. The maximum absolute atomic E-state index is 12.9. The number of rotatable bonds is 4. The molecule has 23 heavy (non-hydrogen) atoms. The lowest BCUT2D eigenvalue weighted by atomic mass is 10.0. The minimum atomic E-state index is -3.80. The average Bonchev–Trinajstić information content (AvgIpc) is 2.74. The van der Waals surface area contributed by atoms with Crippen LogP contribution in [0, 0.1) is 0 Å². The molecule has 0 amide bonds. The first-order chi connectivity index (χ1) is 10.9. The van der Waals surface area contributed by atoms with Gasteiger partial charge in [0, 0.05) is 5.56 Å². The molecule has 2 aromatic carbocycles. The van der Waals surface area contributed by atoms with Crippen LogP contribution in [0.5, 0.6) is 5.75 Å². The van der Waals surface area contributed by atoms with Gasteiger partial charge < -0.3 is 9.84 Å². The number of nitrogens with zero attached hydrogens (tertiary/aromatic N) is 1. The van der Waals surface area contributed by atoms with Gasteiger partial charge >= 0.3 is 5.97 Å². The fourth-order valence-corrected chi connectivity index (χ4v) is 4.67. The number of hydrogen-bond donors (Lipinski definition) is 1. The maximum Gasteiger partial charge on any atom is 0.305 e. The van der Waals surface area contributed by atoms with Crippen molar-refractivity contribution in [2.24, 2.45) is 0 Å². The molecule has 3 rings (SSSR count). The topological polar surface area (TPSA) is 83.9 Å². The quantitative estimate of drug-likeness (QED) is 0.929. The molecule has 0 bridgehead atoms. The predicted molar refractivity (Wildman–Crippen MR) is 84.1 cm³/mol. The fraction of sp³-hybridized carbons (Fsp3) is 0.188. The van der Waals surface area contributed by atoms with Crippen LogP contribution >= 0.6 is 0 Å². The number of hydrogen-bond acceptors (Lipinski definition) is 4. The molecule has 0 saturated carbocycles. The molecule has 1 aliphatic heterocycles. The van der Waals surface area contributed by atoms with Crippen molar-refractivity contribution in [3.63, 3.8) is 0 Å². The monoisotopic (exact) mass is 333 g/mol. The molecule has 0 aromatic heterocycles. The third kappa shape index (κ3) is 2.53. The number of para-hydroxylation sites is 1. The molecule has 0 radical (unpaired) electrons. The average molecular weight is 333 g/mol. The second kappa shape index (κ2) is 5.58. The highest BCUT2D eigenvalue weighted by Crippen LogP contribution is 2.45. The van der Waals surface area contributed by atoms with Crippen LogP contribution in [-0.4, -0.2) is 26.6 Å². The molecular formula is C16H15NO5S. The van der Waals surface area contributed by atoms with Gasteiger partial charge in [0.25, 0.3) is 10.0 Å². The van der Waals surface area contributed by atoms with Crippen LogP contribution < -0.4 is 9.04 Å². The van der Waals surface area contributed by atoms with Crippen LogP contribution in [0.3, 0.4) is 0 Å². The summed E-state index contributed by atoms with van der Waals surface area (Å²) in [6.45, 7) is 0. The normalized spacial score (nSPS) is 18.5. The first-order valence-electron chi connectivity index (χ1n) is 6.94. The molecule has 0 saturated heterocycles. The highest BCUT2D eigenvalue weighted by atomic mass is 32.2. The number of carbonyl (C=O) groups is 1. The number of methoxy groups -OCH3 is 1. The zero-order valence-corrected chi connectivity index (χ0v) is 13.2. The Hall–Kier alpha value is -2.54. The molecule has 7 heteroatoms. The SMILES string of the molecule is COc1ccc2c(c1)C(CC(=O)O)N(c1ccccc1)S2(=O)=O. The summed E-state index contributed by atoms with van der Waals surface area (Å²) in [5, 5.41) is 9.21. The molecule has 1 N–H and O–H groups in total. The Morgan fingerprint density at radius 1 is 1.22 bits per heavy atom. The van der Waals surface area contributed by atoms with Gasteiger partial charge in [0.15, 0.2) is 0 Å². The molecule has 1 atom stereocenters. The molecule has 0 fully saturated rings. The van der Waals surface area contributed by atoms with E-state index in [2.05, 4.69) is 0 Å². The Balaban J connectivity index is 2.21. The van der Waals surface area contributed by atoms with Gasteiger partial charge in [-0.3, -0.25) is 9.10 Å². The van der Waals surface area contributed by atoms with E-state index in [9.17, 15) is 18.3 Å². The van der Waals surface area contributed by atoms with Crippen molar-refractivity contribution in [3.8, 4) is 5.75 Å². The minimum absolute atomic E-state index is 0.119. The van der Waals surface area contributed by atoms with Crippen molar-refractivity contribution in [3.05, 3.63) is 54.1 Å². The first kappa shape index (κ1) is 15.4. The van der Waals surface area contributed by atoms with E-state index in [-0.39, 0.29) is 11.3 Å². The summed E-state index contributed by atoms with van der Waals surface area (Å²) in [5.41, 5.74) is 0.879. The molecule has 0 aliphatic carbocycles. The van der Waals surface area contributed by atoms with Crippen molar-refractivity contribution < 1.29 is 23.1 Å².